The zero-order chi connectivity index (χ0) is 23.9. The number of fused-ring (bicyclic) bond motifs is 1. The maximum absolute atomic E-state index is 14.6. The van der Waals surface area contributed by atoms with Crippen LogP contribution in [0.4, 0.5) is 4.39 Å². The van der Waals surface area contributed by atoms with Gasteiger partial charge in [-0.15, -0.1) is 5.10 Å². The molecular formula is C26H24ClFN4O2. The first-order chi connectivity index (χ1) is 16.4. The van der Waals surface area contributed by atoms with E-state index in [2.05, 4.69) is 21.2 Å². The van der Waals surface area contributed by atoms with Crippen molar-refractivity contribution in [2.45, 2.75) is 44.9 Å². The molecule has 1 aromatic heterocycles. The molecule has 1 fully saturated rings. The van der Waals surface area contributed by atoms with Crippen molar-refractivity contribution in [3.8, 4) is 17.6 Å². The van der Waals surface area contributed by atoms with Gasteiger partial charge in [0.05, 0.1) is 11.3 Å². The Labute approximate surface area is 202 Å². The first-order valence-corrected chi connectivity index (χ1v) is 11.7. The molecule has 2 aliphatic heterocycles. The average Bonchev–Trinajstić information content (AvgIpc) is 3.18. The Morgan fingerprint density at radius 3 is 2.68 bits per heavy atom. The molecule has 8 heteroatoms. The number of nitrogens with zero attached hydrogens (tertiary/aromatic N) is 4. The van der Waals surface area contributed by atoms with E-state index >= 15 is 0 Å². The number of likely N-dealkylation sites (tertiary alicyclic amines) is 1. The van der Waals surface area contributed by atoms with Gasteiger partial charge in [0.1, 0.15) is 11.9 Å². The third kappa shape index (κ3) is 4.20. The summed E-state index contributed by atoms with van der Waals surface area (Å²) in [6.45, 7) is 6.20. The van der Waals surface area contributed by atoms with Gasteiger partial charge in [-0.05, 0) is 74.7 Å². The Morgan fingerprint density at radius 2 is 1.97 bits per heavy atom. The first kappa shape index (κ1) is 22.6. The summed E-state index contributed by atoms with van der Waals surface area (Å²) < 4.78 is 27.0. The molecule has 1 saturated heterocycles. The van der Waals surface area contributed by atoms with E-state index in [1.54, 1.807) is 25.1 Å². The summed E-state index contributed by atoms with van der Waals surface area (Å²) in [5, 5.41) is 17.5. The number of benzene rings is 2. The Kier molecular flexibility index (Phi) is 5.88. The van der Waals surface area contributed by atoms with E-state index in [0.717, 1.165) is 42.8 Å². The number of para-hydroxylation sites is 1. The molecular weight excluding hydrogens is 455 g/mol. The molecule has 0 bridgehead atoms. The minimum absolute atomic E-state index is 0.306. The summed E-state index contributed by atoms with van der Waals surface area (Å²) >= 11 is 5.92. The summed E-state index contributed by atoms with van der Waals surface area (Å²) in [6.07, 6.45) is 1.91. The monoisotopic (exact) mass is 478 g/mol. The van der Waals surface area contributed by atoms with Gasteiger partial charge in [-0.1, -0.05) is 23.7 Å². The molecule has 0 N–H and O–H groups in total. The zero-order valence-corrected chi connectivity index (χ0v) is 19.8. The number of hydrogen-bond acceptors (Lipinski definition) is 6. The second-order valence-corrected chi connectivity index (χ2v) is 9.41. The van der Waals surface area contributed by atoms with Crippen LogP contribution in [-0.2, 0) is 12.3 Å². The van der Waals surface area contributed by atoms with Gasteiger partial charge in [-0.2, -0.15) is 10.4 Å². The molecule has 174 valence electrons. The zero-order valence-electron chi connectivity index (χ0n) is 19.0. The number of aromatic nitrogens is 2. The fraction of sp³-hybridized carbons (Fsp3) is 0.346. The lowest BCUT2D eigenvalue weighted by atomic mass is 9.88. The minimum atomic E-state index is -1.25. The second-order valence-electron chi connectivity index (χ2n) is 8.97. The van der Waals surface area contributed by atoms with Crippen molar-refractivity contribution in [3.05, 3.63) is 81.4 Å². The van der Waals surface area contributed by atoms with Crippen LogP contribution < -0.4 is 9.47 Å². The number of ether oxygens (including phenoxy) is 2. The molecule has 0 saturated carbocycles. The number of hydrogen-bond donors (Lipinski definition) is 0. The van der Waals surface area contributed by atoms with Crippen LogP contribution >= 0.6 is 11.6 Å². The van der Waals surface area contributed by atoms with Crippen LogP contribution in [-0.4, -0.2) is 28.2 Å². The summed E-state index contributed by atoms with van der Waals surface area (Å²) in [7, 11) is 0. The molecule has 0 radical (unpaired) electrons. The van der Waals surface area contributed by atoms with E-state index in [4.69, 9.17) is 26.3 Å². The standard InChI is InChI=1S/C26H24ClFN4O2/c1-16-12-19(14-29)30-31-23(16)15-32-10-8-17(9-11-32)20-4-3-5-24-25(20)34-26(2,33-24)21-7-6-18(27)13-22(21)28/h3-7,12-13,17H,8-11,15H2,1-2H3/t26-/m0/s1. The van der Waals surface area contributed by atoms with Crippen molar-refractivity contribution >= 4 is 11.6 Å². The molecule has 34 heavy (non-hydrogen) atoms. The van der Waals surface area contributed by atoms with Crippen LogP contribution in [0, 0.1) is 24.1 Å². The number of nitriles is 1. The highest BCUT2D eigenvalue weighted by Gasteiger charge is 2.42. The van der Waals surface area contributed by atoms with Gasteiger partial charge >= 0.3 is 0 Å². The maximum Gasteiger partial charge on any atom is 0.278 e. The van der Waals surface area contributed by atoms with Crippen LogP contribution in [0.25, 0.3) is 0 Å². The summed E-state index contributed by atoms with van der Waals surface area (Å²) in [5.41, 5.74) is 3.62. The van der Waals surface area contributed by atoms with E-state index in [1.807, 2.05) is 25.1 Å². The Balaban J connectivity index is 1.30. The number of rotatable bonds is 4. The molecule has 0 amide bonds. The molecule has 0 spiro atoms. The topological polar surface area (TPSA) is 71.3 Å². The molecule has 3 heterocycles. The van der Waals surface area contributed by atoms with Crippen molar-refractivity contribution in [1.29, 1.82) is 5.26 Å². The van der Waals surface area contributed by atoms with Crippen LogP contribution in [0.5, 0.6) is 11.5 Å². The van der Waals surface area contributed by atoms with Gasteiger partial charge < -0.3 is 9.47 Å². The van der Waals surface area contributed by atoms with Crippen molar-refractivity contribution in [1.82, 2.24) is 15.1 Å². The number of piperidine rings is 1. The molecule has 2 aliphatic rings. The lowest BCUT2D eigenvalue weighted by Gasteiger charge is -2.32. The van der Waals surface area contributed by atoms with Crippen LogP contribution in [0.1, 0.15) is 53.8 Å². The summed E-state index contributed by atoms with van der Waals surface area (Å²) in [4.78, 5) is 2.35. The molecule has 5 rings (SSSR count). The molecule has 2 aromatic carbocycles. The van der Waals surface area contributed by atoms with Gasteiger partial charge in [0.15, 0.2) is 17.2 Å². The van der Waals surface area contributed by atoms with Gasteiger partial charge in [-0.25, -0.2) is 4.39 Å². The minimum Gasteiger partial charge on any atom is -0.444 e. The summed E-state index contributed by atoms with van der Waals surface area (Å²) in [5.74, 6) is -0.0920. The molecule has 1 atom stereocenters. The highest BCUT2D eigenvalue weighted by molar-refractivity contribution is 6.30. The molecule has 6 nitrogen and oxygen atoms in total. The van der Waals surface area contributed by atoms with E-state index in [0.29, 0.717) is 40.2 Å². The van der Waals surface area contributed by atoms with Gasteiger partial charge in [-0.3, -0.25) is 4.90 Å². The normalized spacial score (nSPS) is 20.3. The highest BCUT2D eigenvalue weighted by atomic mass is 35.5. The van der Waals surface area contributed by atoms with Gasteiger partial charge in [0.25, 0.3) is 5.79 Å². The third-order valence-corrected chi connectivity index (χ3v) is 6.87. The smallest absolute Gasteiger partial charge is 0.278 e. The van der Waals surface area contributed by atoms with E-state index in [1.165, 1.54) is 6.07 Å². The van der Waals surface area contributed by atoms with E-state index in [-0.39, 0.29) is 0 Å². The van der Waals surface area contributed by atoms with Crippen molar-refractivity contribution in [3.63, 3.8) is 0 Å². The third-order valence-electron chi connectivity index (χ3n) is 6.63. The quantitative estimate of drug-likeness (QED) is 0.495. The van der Waals surface area contributed by atoms with Crippen molar-refractivity contribution in [2.24, 2.45) is 0 Å². The molecule has 0 unspecified atom stereocenters. The Hall–Kier alpha value is -3.21. The van der Waals surface area contributed by atoms with Crippen molar-refractivity contribution in [2.75, 3.05) is 13.1 Å². The maximum atomic E-state index is 14.6. The first-order valence-electron chi connectivity index (χ1n) is 11.3. The predicted octanol–water partition coefficient (Wildman–Crippen LogP) is 5.47. The highest BCUT2D eigenvalue weighted by Crippen LogP contribution is 2.49. The lowest BCUT2D eigenvalue weighted by molar-refractivity contribution is -0.0712. The van der Waals surface area contributed by atoms with Gasteiger partial charge in [0.2, 0.25) is 0 Å². The van der Waals surface area contributed by atoms with E-state index in [9.17, 15) is 4.39 Å². The van der Waals surface area contributed by atoms with Crippen LogP contribution in [0.3, 0.4) is 0 Å². The summed E-state index contributed by atoms with van der Waals surface area (Å²) in [6, 6.07) is 14.2. The second kappa shape index (κ2) is 8.86. The van der Waals surface area contributed by atoms with Crippen LogP contribution in [0.2, 0.25) is 5.02 Å². The Bertz CT molecular complexity index is 1290. The number of aryl methyl sites for hydroxylation is 1. The predicted molar refractivity (Wildman–Crippen MR) is 125 cm³/mol. The fourth-order valence-electron chi connectivity index (χ4n) is 4.77. The van der Waals surface area contributed by atoms with Crippen LogP contribution in [0.15, 0.2) is 42.5 Å². The fourth-order valence-corrected chi connectivity index (χ4v) is 4.93. The van der Waals surface area contributed by atoms with Crippen molar-refractivity contribution < 1.29 is 13.9 Å². The number of halogens is 2. The Morgan fingerprint density at radius 1 is 1.18 bits per heavy atom. The lowest BCUT2D eigenvalue weighted by Crippen LogP contribution is -2.34. The SMILES string of the molecule is Cc1cc(C#N)nnc1CN1CCC(c2cccc3c2O[C@@](C)(c2ccc(Cl)cc2F)O3)CC1. The van der Waals surface area contributed by atoms with E-state index < -0.39 is 11.6 Å². The van der Waals surface area contributed by atoms with Gasteiger partial charge in [0, 0.05) is 24.1 Å². The average molecular weight is 479 g/mol. The molecule has 0 aliphatic carbocycles. The largest absolute Gasteiger partial charge is 0.444 e. The molecule has 3 aromatic rings.